The first kappa shape index (κ1) is 14.3. The standard InChI is InChI=1S/C10H20O7Si/c1-11-18(3,12-2)17-10(15-6-8-4-13-8)16-7-9-5-14-9/h8-10H,4-7H2,1-3H3. The zero-order valence-electron chi connectivity index (χ0n) is 10.9. The summed E-state index contributed by atoms with van der Waals surface area (Å²) in [6.07, 6.45) is 0.296. The molecule has 0 bridgehead atoms. The highest BCUT2D eigenvalue weighted by molar-refractivity contribution is 6.59. The lowest BCUT2D eigenvalue weighted by atomic mass is 10.5. The quantitative estimate of drug-likeness (QED) is 0.316. The Morgan fingerprint density at radius 2 is 1.50 bits per heavy atom. The van der Waals surface area contributed by atoms with Crippen LogP contribution in [0.4, 0.5) is 0 Å². The number of epoxide rings is 2. The molecule has 2 saturated heterocycles. The maximum absolute atomic E-state index is 5.63. The number of hydrogen-bond donors (Lipinski definition) is 0. The van der Waals surface area contributed by atoms with Crippen molar-refractivity contribution in [2.24, 2.45) is 0 Å². The van der Waals surface area contributed by atoms with Gasteiger partial charge in [-0.1, -0.05) is 0 Å². The summed E-state index contributed by atoms with van der Waals surface area (Å²) in [7, 11) is 0.390. The van der Waals surface area contributed by atoms with Crippen LogP contribution in [-0.4, -0.2) is 68.1 Å². The van der Waals surface area contributed by atoms with Gasteiger partial charge in [-0.2, -0.15) is 0 Å². The second-order valence-electron chi connectivity index (χ2n) is 4.25. The van der Waals surface area contributed by atoms with E-state index in [0.29, 0.717) is 13.2 Å². The van der Waals surface area contributed by atoms with Gasteiger partial charge in [0.05, 0.1) is 26.4 Å². The van der Waals surface area contributed by atoms with Crippen molar-refractivity contribution in [2.45, 2.75) is 25.2 Å². The summed E-state index contributed by atoms with van der Waals surface area (Å²) in [4.78, 5) is 0. The van der Waals surface area contributed by atoms with Gasteiger partial charge in [0, 0.05) is 20.8 Å². The lowest BCUT2D eigenvalue weighted by molar-refractivity contribution is -0.266. The Hall–Kier alpha value is -0.0631. The Morgan fingerprint density at radius 3 is 1.83 bits per heavy atom. The summed E-state index contributed by atoms with van der Waals surface area (Å²) in [6.45, 7) is 3.29. The average molecular weight is 280 g/mol. The van der Waals surface area contributed by atoms with Crippen molar-refractivity contribution in [1.29, 1.82) is 0 Å². The van der Waals surface area contributed by atoms with E-state index in [0.717, 1.165) is 13.2 Å². The molecule has 106 valence electrons. The van der Waals surface area contributed by atoms with Crippen LogP contribution in [0.5, 0.6) is 0 Å². The minimum atomic E-state index is -2.70. The van der Waals surface area contributed by atoms with Crippen molar-refractivity contribution in [1.82, 2.24) is 0 Å². The highest BCUT2D eigenvalue weighted by Crippen LogP contribution is 2.17. The Balaban J connectivity index is 1.76. The molecule has 0 spiro atoms. The molecule has 2 atom stereocenters. The van der Waals surface area contributed by atoms with Crippen molar-refractivity contribution >= 4 is 8.80 Å². The average Bonchev–Trinajstić information content (AvgIpc) is 3.26. The molecule has 0 radical (unpaired) electrons. The maximum atomic E-state index is 5.63. The first-order chi connectivity index (χ1) is 8.65. The van der Waals surface area contributed by atoms with Gasteiger partial charge in [-0.3, -0.25) is 0 Å². The fourth-order valence-corrected chi connectivity index (χ4v) is 2.02. The third-order valence-corrected chi connectivity index (χ3v) is 4.80. The molecule has 0 aliphatic carbocycles. The summed E-state index contributed by atoms with van der Waals surface area (Å²) >= 11 is 0. The molecule has 2 aliphatic rings. The van der Waals surface area contributed by atoms with E-state index in [1.807, 2.05) is 0 Å². The third-order valence-electron chi connectivity index (χ3n) is 2.69. The van der Waals surface area contributed by atoms with E-state index in [-0.39, 0.29) is 12.2 Å². The van der Waals surface area contributed by atoms with Crippen LogP contribution < -0.4 is 0 Å². The Bertz CT molecular complexity index is 237. The fraction of sp³-hybridized carbons (Fsp3) is 1.00. The number of hydrogen-bond acceptors (Lipinski definition) is 7. The molecule has 0 amide bonds. The molecular formula is C10H20O7Si. The first-order valence-electron chi connectivity index (χ1n) is 5.90. The van der Waals surface area contributed by atoms with Crippen molar-refractivity contribution < 1.29 is 32.2 Å². The minimum Gasteiger partial charge on any atom is -0.377 e. The van der Waals surface area contributed by atoms with E-state index >= 15 is 0 Å². The van der Waals surface area contributed by atoms with Crippen molar-refractivity contribution in [2.75, 3.05) is 40.6 Å². The van der Waals surface area contributed by atoms with Gasteiger partial charge >= 0.3 is 8.80 Å². The number of rotatable bonds is 10. The molecule has 2 unspecified atom stereocenters. The molecule has 2 fully saturated rings. The van der Waals surface area contributed by atoms with E-state index < -0.39 is 15.3 Å². The zero-order chi connectivity index (χ0) is 13.0. The maximum Gasteiger partial charge on any atom is 0.500 e. The van der Waals surface area contributed by atoms with Gasteiger partial charge in [0.2, 0.25) is 0 Å². The van der Waals surface area contributed by atoms with Crippen LogP contribution in [0.2, 0.25) is 6.55 Å². The second-order valence-corrected chi connectivity index (χ2v) is 7.03. The van der Waals surface area contributed by atoms with E-state index in [1.165, 1.54) is 0 Å². The van der Waals surface area contributed by atoms with E-state index in [2.05, 4.69) is 0 Å². The first-order valence-corrected chi connectivity index (χ1v) is 8.12. The fourth-order valence-electron chi connectivity index (χ4n) is 1.17. The van der Waals surface area contributed by atoms with Gasteiger partial charge in [0.25, 0.3) is 6.48 Å². The molecule has 2 aliphatic heterocycles. The Labute approximate surface area is 108 Å². The van der Waals surface area contributed by atoms with Gasteiger partial charge in [0.15, 0.2) is 0 Å². The molecule has 0 saturated carbocycles. The van der Waals surface area contributed by atoms with E-state index in [9.17, 15) is 0 Å². The molecule has 0 aromatic heterocycles. The largest absolute Gasteiger partial charge is 0.500 e. The molecule has 7 nitrogen and oxygen atoms in total. The lowest BCUT2D eigenvalue weighted by Gasteiger charge is -2.27. The molecular weight excluding hydrogens is 260 g/mol. The van der Waals surface area contributed by atoms with Gasteiger partial charge in [0.1, 0.15) is 12.2 Å². The van der Waals surface area contributed by atoms with Crippen LogP contribution in [0.3, 0.4) is 0 Å². The normalized spacial score (nSPS) is 28.2. The van der Waals surface area contributed by atoms with Crippen molar-refractivity contribution in [3.8, 4) is 0 Å². The van der Waals surface area contributed by atoms with Crippen LogP contribution >= 0.6 is 0 Å². The van der Waals surface area contributed by atoms with Gasteiger partial charge in [-0.05, 0) is 0 Å². The van der Waals surface area contributed by atoms with Crippen LogP contribution in [0.1, 0.15) is 0 Å². The van der Waals surface area contributed by atoms with Gasteiger partial charge < -0.3 is 32.2 Å². The predicted molar refractivity (Wildman–Crippen MR) is 61.9 cm³/mol. The minimum absolute atomic E-state index is 0.148. The number of ether oxygens (including phenoxy) is 4. The molecule has 0 aromatic rings. The Kier molecular flexibility index (Phi) is 5.10. The summed E-state index contributed by atoms with van der Waals surface area (Å²) in [5.41, 5.74) is 0. The molecule has 18 heavy (non-hydrogen) atoms. The van der Waals surface area contributed by atoms with Crippen LogP contribution in [0.15, 0.2) is 0 Å². The van der Waals surface area contributed by atoms with Crippen molar-refractivity contribution in [3.63, 3.8) is 0 Å². The Morgan fingerprint density at radius 1 is 1.06 bits per heavy atom. The summed E-state index contributed by atoms with van der Waals surface area (Å²) < 4.78 is 37.2. The molecule has 2 heterocycles. The highest BCUT2D eigenvalue weighted by atomic mass is 28.4. The van der Waals surface area contributed by atoms with Gasteiger partial charge in [-0.25, -0.2) is 0 Å². The van der Waals surface area contributed by atoms with E-state index in [1.54, 1.807) is 20.8 Å². The summed E-state index contributed by atoms with van der Waals surface area (Å²) in [5, 5.41) is 0. The summed E-state index contributed by atoms with van der Waals surface area (Å²) in [6, 6.07) is 0. The molecule has 0 N–H and O–H groups in total. The highest BCUT2D eigenvalue weighted by Gasteiger charge is 2.38. The van der Waals surface area contributed by atoms with Gasteiger partial charge in [-0.15, -0.1) is 0 Å². The van der Waals surface area contributed by atoms with E-state index in [4.69, 9.17) is 32.2 Å². The van der Waals surface area contributed by atoms with Crippen LogP contribution in [0.25, 0.3) is 0 Å². The predicted octanol–water partition coefficient (Wildman–Crippen LogP) is -0.0211. The van der Waals surface area contributed by atoms with Crippen molar-refractivity contribution in [3.05, 3.63) is 0 Å². The SMILES string of the molecule is CO[Si](C)(OC)OC(OCC1CO1)OCC1CO1. The molecule has 2 rings (SSSR count). The third kappa shape index (κ3) is 4.90. The topological polar surface area (TPSA) is 71.2 Å². The second kappa shape index (κ2) is 6.39. The van der Waals surface area contributed by atoms with Crippen LogP contribution in [-0.2, 0) is 32.2 Å². The molecule has 0 aromatic carbocycles. The lowest BCUT2D eigenvalue weighted by Crippen LogP contribution is -2.45. The summed E-state index contributed by atoms with van der Waals surface area (Å²) in [5.74, 6) is 0. The monoisotopic (exact) mass is 280 g/mol. The zero-order valence-corrected chi connectivity index (χ0v) is 11.9. The van der Waals surface area contributed by atoms with Crippen LogP contribution in [0, 0.1) is 0 Å². The smallest absolute Gasteiger partial charge is 0.377 e. The molecule has 8 heteroatoms.